The highest BCUT2D eigenvalue weighted by Crippen LogP contribution is 2.48. The van der Waals surface area contributed by atoms with Crippen LogP contribution < -0.4 is 15.9 Å². The van der Waals surface area contributed by atoms with E-state index < -0.39 is 7.14 Å². The van der Waals surface area contributed by atoms with Crippen molar-refractivity contribution in [3.63, 3.8) is 0 Å². The van der Waals surface area contributed by atoms with Crippen molar-refractivity contribution in [1.82, 2.24) is 0 Å². The first-order valence-corrected chi connectivity index (χ1v) is 12.0. The van der Waals surface area contributed by atoms with E-state index >= 15 is 4.57 Å². The van der Waals surface area contributed by atoms with E-state index in [0.717, 1.165) is 41.9 Å². The molecule has 0 saturated heterocycles. The van der Waals surface area contributed by atoms with Gasteiger partial charge < -0.3 is 4.57 Å². The van der Waals surface area contributed by atoms with Crippen LogP contribution in [-0.2, 0) is 4.57 Å². The number of rotatable bonds is 3. The third kappa shape index (κ3) is 2.87. The van der Waals surface area contributed by atoms with Crippen molar-refractivity contribution in [2.75, 3.05) is 0 Å². The van der Waals surface area contributed by atoms with Crippen molar-refractivity contribution < 1.29 is 4.57 Å². The topological polar surface area (TPSA) is 17.1 Å². The fourth-order valence-electron chi connectivity index (χ4n) is 4.07. The quantitative estimate of drug-likeness (QED) is 0.227. The van der Waals surface area contributed by atoms with E-state index in [1.807, 2.05) is 84.9 Å². The lowest BCUT2D eigenvalue weighted by atomic mass is 10.0. The first-order chi connectivity index (χ1) is 14.2. The molecule has 0 bridgehead atoms. The number of halogens is 1. The molecule has 0 aliphatic rings. The molecule has 0 amide bonds. The molecule has 29 heavy (non-hydrogen) atoms. The van der Waals surface area contributed by atoms with Crippen LogP contribution in [0.5, 0.6) is 0 Å². The molecule has 0 spiro atoms. The Bertz CT molecular complexity index is 1280. The van der Waals surface area contributed by atoms with E-state index in [-0.39, 0.29) is 0 Å². The van der Waals surface area contributed by atoms with E-state index in [2.05, 4.69) is 40.2 Å². The molecule has 5 aromatic carbocycles. The number of hydrogen-bond acceptors (Lipinski definition) is 1. The van der Waals surface area contributed by atoms with E-state index in [1.165, 1.54) is 0 Å². The minimum absolute atomic E-state index is 0.851. The Labute approximate surface area is 178 Å². The van der Waals surface area contributed by atoms with Gasteiger partial charge in [-0.05, 0) is 37.5 Å². The smallest absolute Gasteiger partial charge is 0.172 e. The molecule has 0 saturated carbocycles. The van der Waals surface area contributed by atoms with Gasteiger partial charge in [0, 0.05) is 20.4 Å². The summed E-state index contributed by atoms with van der Waals surface area (Å²) in [4.78, 5) is 0. The number of fused-ring (bicyclic) bond motifs is 2. The molecule has 0 unspecified atom stereocenters. The molecule has 0 aromatic heterocycles. The monoisotopic (exact) mass is 456 g/mol. The lowest BCUT2D eigenvalue weighted by Crippen LogP contribution is -2.26. The molecule has 3 heteroatoms. The lowest BCUT2D eigenvalue weighted by Gasteiger charge is -2.24. The molecule has 0 atom stereocenters. The first kappa shape index (κ1) is 18.4. The molecule has 0 radical (unpaired) electrons. The standard InChI is InChI=1S/C26H18BrOP/c27-25-21-15-7-9-17-23(21)26(24-18-10-8-16-22(24)25)29(28,19-11-3-1-4-12-19)20-13-5-2-6-14-20/h1-18H. The van der Waals surface area contributed by atoms with Gasteiger partial charge in [-0.2, -0.15) is 0 Å². The van der Waals surface area contributed by atoms with Gasteiger partial charge in [-0.3, -0.25) is 0 Å². The first-order valence-electron chi connectivity index (χ1n) is 9.52. The van der Waals surface area contributed by atoms with Crippen LogP contribution in [0, 0.1) is 0 Å². The van der Waals surface area contributed by atoms with Gasteiger partial charge in [-0.1, -0.05) is 109 Å². The lowest BCUT2D eigenvalue weighted by molar-refractivity contribution is 0.593. The van der Waals surface area contributed by atoms with Crippen LogP contribution in [0.1, 0.15) is 0 Å². The Morgan fingerprint density at radius 2 is 0.828 bits per heavy atom. The Hall–Kier alpha value is -2.67. The summed E-state index contributed by atoms with van der Waals surface area (Å²) in [5.74, 6) is 0. The van der Waals surface area contributed by atoms with Gasteiger partial charge >= 0.3 is 0 Å². The van der Waals surface area contributed by atoms with Crippen molar-refractivity contribution in [3.05, 3.63) is 114 Å². The van der Waals surface area contributed by atoms with Gasteiger partial charge in [-0.15, -0.1) is 0 Å². The second-order valence-electron chi connectivity index (χ2n) is 7.03. The SMILES string of the molecule is O=P(c1ccccc1)(c1ccccc1)c1c2ccccc2c(Br)c2ccccc12. The maximum atomic E-state index is 15.1. The average molecular weight is 457 g/mol. The summed E-state index contributed by atoms with van der Waals surface area (Å²) in [6.45, 7) is 0. The van der Waals surface area contributed by atoms with Crippen LogP contribution in [-0.4, -0.2) is 0 Å². The summed E-state index contributed by atoms with van der Waals surface area (Å²) in [6.07, 6.45) is 0. The van der Waals surface area contributed by atoms with E-state index in [4.69, 9.17) is 0 Å². The van der Waals surface area contributed by atoms with E-state index in [0.29, 0.717) is 0 Å². The van der Waals surface area contributed by atoms with Gasteiger partial charge in [-0.25, -0.2) is 0 Å². The Morgan fingerprint density at radius 1 is 0.483 bits per heavy atom. The predicted molar refractivity (Wildman–Crippen MR) is 129 cm³/mol. The minimum Gasteiger partial charge on any atom is -0.309 e. The highest BCUT2D eigenvalue weighted by molar-refractivity contribution is 9.10. The van der Waals surface area contributed by atoms with Crippen molar-refractivity contribution in [3.8, 4) is 0 Å². The number of hydrogen-bond donors (Lipinski definition) is 0. The second kappa shape index (κ2) is 7.30. The fourth-order valence-corrected chi connectivity index (χ4v) is 7.83. The van der Waals surface area contributed by atoms with Crippen LogP contribution in [0.25, 0.3) is 21.5 Å². The molecule has 0 aliphatic heterocycles. The summed E-state index contributed by atoms with van der Waals surface area (Å²) in [5, 5.41) is 6.81. The molecule has 5 aromatic rings. The summed E-state index contributed by atoms with van der Waals surface area (Å²) in [7, 11) is -3.11. The Kier molecular flexibility index (Phi) is 4.62. The third-order valence-corrected chi connectivity index (χ3v) is 9.41. The molecule has 5 rings (SSSR count). The second-order valence-corrected chi connectivity index (χ2v) is 10.5. The Morgan fingerprint density at radius 3 is 1.24 bits per heavy atom. The van der Waals surface area contributed by atoms with Gasteiger partial charge in [0.15, 0.2) is 7.14 Å². The zero-order chi connectivity index (χ0) is 19.8. The maximum Gasteiger partial charge on any atom is 0.172 e. The molecule has 0 fully saturated rings. The van der Waals surface area contributed by atoms with Crippen molar-refractivity contribution in [1.29, 1.82) is 0 Å². The largest absolute Gasteiger partial charge is 0.309 e. The van der Waals surface area contributed by atoms with Gasteiger partial charge in [0.1, 0.15) is 0 Å². The number of benzene rings is 5. The average Bonchev–Trinajstić information content (AvgIpc) is 2.80. The molecule has 0 heterocycles. The van der Waals surface area contributed by atoms with Crippen LogP contribution >= 0.6 is 23.1 Å². The molecular formula is C26H18BrOP. The normalized spacial score (nSPS) is 11.8. The van der Waals surface area contributed by atoms with Crippen LogP contribution in [0.15, 0.2) is 114 Å². The molecular weight excluding hydrogens is 439 g/mol. The van der Waals surface area contributed by atoms with Gasteiger partial charge in [0.2, 0.25) is 0 Å². The van der Waals surface area contributed by atoms with Crippen LogP contribution in [0.3, 0.4) is 0 Å². The summed E-state index contributed by atoms with van der Waals surface area (Å²) in [6, 6.07) is 36.2. The van der Waals surface area contributed by atoms with E-state index in [9.17, 15) is 0 Å². The highest BCUT2D eigenvalue weighted by Gasteiger charge is 2.33. The van der Waals surface area contributed by atoms with E-state index in [1.54, 1.807) is 0 Å². The zero-order valence-corrected chi connectivity index (χ0v) is 18.1. The van der Waals surface area contributed by atoms with Gasteiger partial charge in [0.25, 0.3) is 0 Å². The highest BCUT2D eigenvalue weighted by atomic mass is 79.9. The molecule has 1 nitrogen and oxygen atoms in total. The minimum atomic E-state index is -3.11. The predicted octanol–water partition coefficient (Wildman–Crippen LogP) is 6.39. The summed E-state index contributed by atoms with van der Waals surface area (Å²) >= 11 is 3.81. The van der Waals surface area contributed by atoms with Crippen molar-refractivity contribution in [2.45, 2.75) is 0 Å². The van der Waals surface area contributed by atoms with Crippen LogP contribution in [0.4, 0.5) is 0 Å². The van der Waals surface area contributed by atoms with Crippen molar-refractivity contribution >= 4 is 60.5 Å². The summed E-state index contributed by atoms with van der Waals surface area (Å²) in [5.41, 5.74) is 0. The molecule has 0 N–H and O–H groups in total. The zero-order valence-electron chi connectivity index (χ0n) is 15.6. The summed E-state index contributed by atoms with van der Waals surface area (Å²) < 4.78 is 16.2. The maximum absolute atomic E-state index is 15.1. The third-order valence-electron chi connectivity index (χ3n) is 5.39. The fraction of sp³-hybridized carbons (Fsp3) is 0. The van der Waals surface area contributed by atoms with Crippen molar-refractivity contribution in [2.24, 2.45) is 0 Å². The van der Waals surface area contributed by atoms with Crippen LogP contribution in [0.2, 0.25) is 0 Å². The molecule has 0 aliphatic carbocycles. The van der Waals surface area contributed by atoms with Gasteiger partial charge in [0.05, 0.1) is 0 Å². The molecule has 140 valence electrons. The Balaban J connectivity index is 2.04.